The van der Waals surface area contributed by atoms with Crippen LogP contribution in [0.3, 0.4) is 0 Å². The summed E-state index contributed by atoms with van der Waals surface area (Å²) in [4.78, 5) is 14.2. The maximum atomic E-state index is 12.4. The van der Waals surface area contributed by atoms with Crippen LogP contribution in [0.25, 0.3) is 0 Å². The number of halogens is 1. The lowest BCUT2D eigenvalue weighted by Crippen LogP contribution is -2.40. The monoisotopic (exact) mass is 417 g/mol. The number of hydrogen-bond donors (Lipinski definition) is 0. The maximum absolute atomic E-state index is 12.4. The molecule has 2 aromatic rings. The minimum atomic E-state index is -0.490. The summed E-state index contributed by atoms with van der Waals surface area (Å²) in [5.74, 6) is 0.834. The Labute approximate surface area is 163 Å². The van der Waals surface area contributed by atoms with Gasteiger partial charge in [0, 0.05) is 17.6 Å². The highest BCUT2D eigenvalue weighted by Crippen LogP contribution is 2.29. The van der Waals surface area contributed by atoms with Crippen molar-refractivity contribution in [2.75, 3.05) is 6.54 Å². The Balaban J connectivity index is 1.78. The molecule has 26 heavy (non-hydrogen) atoms. The van der Waals surface area contributed by atoms with Gasteiger partial charge in [0.05, 0.1) is 0 Å². The van der Waals surface area contributed by atoms with E-state index in [4.69, 9.17) is 9.47 Å². The van der Waals surface area contributed by atoms with Crippen LogP contribution in [0.5, 0.6) is 5.75 Å². The van der Waals surface area contributed by atoms with Gasteiger partial charge in [-0.05, 0) is 68.1 Å². The molecule has 1 heterocycles. The molecule has 0 radical (unpaired) electrons. The highest BCUT2D eigenvalue weighted by Gasteiger charge is 2.27. The lowest BCUT2D eigenvalue weighted by atomic mass is 9.95. The third kappa shape index (κ3) is 4.79. The van der Waals surface area contributed by atoms with Crippen LogP contribution in [0.1, 0.15) is 37.5 Å². The number of ether oxygens (including phenoxy) is 2. The average molecular weight is 418 g/mol. The van der Waals surface area contributed by atoms with E-state index in [0.29, 0.717) is 19.7 Å². The third-order valence-corrected chi connectivity index (χ3v) is 4.65. The molecule has 1 aliphatic heterocycles. The molecular formula is C21H24BrNO3. The SMILES string of the molecule is CC(C)(C)OC(=O)N1CCc2cc(Br)cc(COc3ccccc3)c2C1. The summed E-state index contributed by atoms with van der Waals surface area (Å²) in [5.41, 5.74) is 3.01. The number of rotatable bonds is 3. The molecule has 0 unspecified atom stereocenters. The highest BCUT2D eigenvalue weighted by molar-refractivity contribution is 9.10. The number of benzene rings is 2. The van der Waals surface area contributed by atoms with Crippen LogP contribution in [0.15, 0.2) is 46.9 Å². The van der Waals surface area contributed by atoms with Gasteiger partial charge in [-0.1, -0.05) is 34.1 Å². The van der Waals surface area contributed by atoms with E-state index in [1.165, 1.54) is 5.56 Å². The first kappa shape index (κ1) is 18.8. The molecule has 0 saturated heterocycles. The van der Waals surface area contributed by atoms with Gasteiger partial charge in [0.25, 0.3) is 0 Å². The number of fused-ring (bicyclic) bond motifs is 1. The second-order valence-electron chi connectivity index (χ2n) is 7.46. The molecule has 138 valence electrons. The average Bonchev–Trinajstić information content (AvgIpc) is 2.58. The number of hydrogen-bond acceptors (Lipinski definition) is 3. The van der Waals surface area contributed by atoms with Crippen LogP contribution in [-0.4, -0.2) is 23.1 Å². The summed E-state index contributed by atoms with van der Waals surface area (Å²) in [5, 5.41) is 0. The van der Waals surface area contributed by atoms with E-state index in [0.717, 1.165) is 27.8 Å². The van der Waals surface area contributed by atoms with Crippen LogP contribution in [0.4, 0.5) is 4.79 Å². The number of nitrogens with zero attached hydrogens (tertiary/aromatic N) is 1. The fourth-order valence-corrected chi connectivity index (χ4v) is 3.55. The van der Waals surface area contributed by atoms with Crippen molar-refractivity contribution in [3.8, 4) is 5.75 Å². The zero-order valence-electron chi connectivity index (χ0n) is 15.4. The van der Waals surface area contributed by atoms with Gasteiger partial charge in [-0.2, -0.15) is 0 Å². The van der Waals surface area contributed by atoms with Gasteiger partial charge < -0.3 is 14.4 Å². The first-order valence-corrected chi connectivity index (χ1v) is 9.57. The van der Waals surface area contributed by atoms with Crippen molar-refractivity contribution >= 4 is 22.0 Å². The van der Waals surface area contributed by atoms with Gasteiger partial charge in [0.15, 0.2) is 0 Å². The van der Waals surface area contributed by atoms with Crippen molar-refractivity contribution in [1.29, 1.82) is 0 Å². The van der Waals surface area contributed by atoms with Crippen LogP contribution in [-0.2, 0) is 24.3 Å². The van der Waals surface area contributed by atoms with Crippen molar-refractivity contribution in [3.63, 3.8) is 0 Å². The van der Waals surface area contributed by atoms with Crippen molar-refractivity contribution in [2.45, 2.75) is 45.9 Å². The molecule has 5 heteroatoms. The van der Waals surface area contributed by atoms with Gasteiger partial charge >= 0.3 is 6.09 Å². The first-order valence-electron chi connectivity index (χ1n) is 8.78. The van der Waals surface area contributed by atoms with E-state index < -0.39 is 5.60 Å². The lowest BCUT2D eigenvalue weighted by Gasteiger charge is -2.32. The second kappa shape index (κ2) is 7.70. The zero-order chi connectivity index (χ0) is 18.7. The van der Waals surface area contributed by atoms with Gasteiger partial charge in [-0.3, -0.25) is 0 Å². The molecule has 0 fully saturated rings. The molecule has 0 spiro atoms. The van der Waals surface area contributed by atoms with Crippen LogP contribution >= 0.6 is 15.9 Å². The van der Waals surface area contributed by atoms with Gasteiger partial charge in [0.1, 0.15) is 18.0 Å². The Morgan fingerprint density at radius 2 is 1.92 bits per heavy atom. The summed E-state index contributed by atoms with van der Waals surface area (Å²) in [6, 6.07) is 14.0. The Kier molecular flexibility index (Phi) is 5.56. The molecule has 3 rings (SSSR count). The Morgan fingerprint density at radius 1 is 1.19 bits per heavy atom. The van der Waals surface area contributed by atoms with Crippen LogP contribution in [0, 0.1) is 0 Å². The van der Waals surface area contributed by atoms with E-state index in [-0.39, 0.29) is 6.09 Å². The quantitative estimate of drug-likeness (QED) is 0.677. The van der Waals surface area contributed by atoms with Crippen molar-refractivity contribution < 1.29 is 14.3 Å². The molecule has 1 amide bonds. The van der Waals surface area contributed by atoms with E-state index >= 15 is 0 Å². The van der Waals surface area contributed by atoms with Crippen LogP contribution in [0.2, 0.25) is 0 Å². The summed E-state index contributed by atoms with van der Waals surface area (Å²) >= 11 is 3.59. The van der Waals surface area contributed by atoms with E-state index in [1.807, 2.05) is 51.1 Å². The molecular weight excluding hydrogens is 394 g/mol. The summed E-state index contributed by atoms with van der Waals surface area (Å²) in [7, 11) is 0. The lowest BCUT2D eigenvalue weighted by molar-refractivity contribution is 0.0223. The summed E-state index contributed by atoms with van der Waals surface area (Å²) < 4.78 is 12.5. The fraction of sp³-hybridized carbons (Fsp3) is 0.381. The molecule has 1 aliphatic rings. The minimum Gasteiger partial charge on any atom is -0.489 e. The molecule has 2 aromatic carbocycles. The molecule has 0 atom stereocenters. The fourth-order valence-electron chi connectivity index (χ4n) is 3.00. The van der Waals surface area contributed by atoms with E-state index in [2.05, 4.69) is 28.1 Å². The van der Waals surface area contributed by atoms with Crippen molar-refractivity contribution in [3.05, 3.63) is 63.6 Å². The van der Waals surface area contributed by atoms with E-state index in [1.54, 1.807) is 4.90 Å². The largest absolute Gasteiger partial charge is 0.489 e. The van der Waals surface area contributed by atoms with Crippen molar-refractivity contribution in [1.82, 2.24) is 4.90 Å². The van der Waals surface area contributed by atoms with Gasteiger partial charge in [0.2, 0.25) is 0 Å². The predicted molar refractivity (Wildman–Crippen MR) is 105 cm³/mol. The number of para-hydroxylation sites is 1. The number of carbonyl (C=O) groups is 1. The third-order valence-electron chi connectivity index (χ3n) is 4.19. The summed E-state index contributed by atoms with van der Waals surface area (Å²) in [6.45, 7) is 7.34. The minimum absolute atomic E-state index is 0.263. The molecule has 0 aliphatic carbocycles. The Hall–Kier alpha value is -2.01. The smallest absolute Gasteiger partial charge is 0.410 e. The second-order valence-corrected chi connectivity index (χ2v) is 8.37. The number of amides is 1. The molecule has 0 N–H and O–H groups in total. The molecule has 4 nitrogen and oxygen atoms in total. The normalized spacial score (nSPS) is 13.9. The van der Waals surface area contributed by atoms with Gasteiger partial charge in [-0.25, -0.2) is 4.79 Å². The van der Waals surface area contributed by atoms with Gasteiger partial charge in [-0.15, -0.1) is 0 Å². The Morgan fingerprint density at radius 3 is 2.62 bits per heavy atom. The number of carbonyl (C=O) groups excluding carboxylic acids is 1. The molecule has 0 aromatic heterocycles. The Bertz CT molecular complexity index is 784. The van der Waals surface area contributed by atoms with Crippen LogP contribution < -0.4 is 4.74 Å². The maximum Gasteiger partial charge on any atom is 0.410 e. The standard InChI is InChI=1S/C21H24BrNO3/c1-21(2,3)26-20(24)23-10-9-15-11-17(22)12-16(19(15)13-23)14-25-18-7-5-4-6-8-18/h4-8,11-12H,9-10,13-14H2,1-3H3. The first-order chi connectivity index (χ1) is 12.3. The zero-order valence-corrected chi connectivity index (χ0v) is 17.0. The predicted octanol–water partition coefficient (Wildman–Crippen LogP) is 5.32. The molecule has 0 saturated carbocycles. The van der Waals surface area contributed by atoms with E-state index in [9.17, 15) is 4.79 Å². The van der Waals surface area contributed by atoms with Crippen molar-refractivity contribution in [2.24, 2.45) is 0 Å². The molecule has 0 bridgehead atoms. The topological polar surface area (TPSA) is 38.8 Å². The summed E-state index contributed by atoms with van der Waals surface area (Å²) in [6.07, 6.45) is 0.549. The highest BCUT2D eigenvalue weighted by atomic mass is 79.9.